The number of alkyl halides is 7. The average Bonchev–Trinajstić information content (AvgIpc) is 2.16. The van der Waals surface area contributed by atoms with Crippen LogP contribution in [0, 0.1) is 0 Å². The fraction of sp³-hybridized carbons (Fsp3) is 0.333. The quantitative estimate of drug-likeness (QED) is 0.794. The summed E-state index contributed by atoms with van der Waals surface area (Å²) in [6.07, 6.45) is -6.33. The van der Waals surface area contributed by atoms with Gasteiger partial charge >= 0.3 is 18.0 Å². The van der Waals surface area contributed by atoms with Gasteiger partial charge in [0.2, 0.25) is 0 Å². The summed E-state index contributed by atoms with van der Waals surface area (Å²) in [7, 11) is 0. The van der Waals surface area contributed by atoms with E-state index in [4.69, 9.17) is 0 Å². The maximum Gasteiger partial charge on any atom is 0.460 e. The minimum atomic E-state index is -6.33. The van der Waals surface area contributed by atoms with E-state index in [0.717, 1.165) is 12.1 Å². The van der Waals surface area contributed by atoms with Gasteiger partial charge in [0.05, 0.1) is 5.56 Å². The number of hydrogen-bond donors (Lipinski definition) is 1. The van der Waals surface area contributed by atoms with E-state index in [2.05, 4.69) is 5.73 Å². The van der Waals surface area contributed by atoms with Crippen LogP contribution in [0.5, 0.6) is 0 Å². The van der Waals surface area contributed by atoms with Crippen LogP contribution in [0.15, 0.2) is 24.3 Å². The molecule has 1 aromatic rings. The zero-order valence-corrected chi connectivity index (χ0v) is 8.16. The molecule has 0 aliphatic carbocycles. The Morgan fingerprint density at radius 2 is 1.29 bits per heavy atom. The van der Waals surface area contributed by atoms with Gasteiger partial charge in [-0.05, 0) is 12.1 Å². The van der Waals surface area contributed by atoms with Crippen molar-refractivity contribution in [1.82, 2.24) is 0 Å². The standard InChI is InChI=1S/C9H6F7N/c10-7(11,8(12,13)9(14,15)16)5-3-1-2-4-6(5)17/h1-4H,17H2/p+1. The van der Waals surface area contributed by atoms with Crippen molar-refractivity contribution in [3.05, 3.63) is 29.8 Å². The molecule has 0 unspecified atom stereocenters. The molecule has 0 heterocycles. The van der Waals surface area contributed by atoms with Crippen molar-refractivity contribution in [2.45, 2.75) is 18.0 Å². The molecule has 0 aliphatic heterocycles. The number of rotatable bonds is 2. The molecule has 0 atom stereocenters. The van der Waals surface area contributed by atoms with Crippen LogP contribution in [0.25, 0.3) is 0 Å². The molecule has 0 amide bonds. The molecular formula is C9H7F7N+. The average molecular weight is 262 g/mol. The summed E-state index contributed by atoms with van der Waals surface area (Å²) in [5.74, 6) is -11.5. The van der Waals surface area contributed by atoms with Crippen LogP contribution in [-0.2, 0) is 5.92 Å². The summed E-state index contributed by atoms with van der Waals surface area (Å²) in [5, 5.41) is 0. The summed E-state index contributed by atoms with van der Waals surface area (Å²) < 4.78 is 87.4. The van der Waals surface area contributed by atoms with Crippen molar-refractivity contribution in [2.24, 2.45) is 0 Å². The minimum absolute atomic E-state index is 0.488. The first-order valence-corrected chi connectivity index (χ1v) is 4.25. The summed E-state index contributed by atoms with van der Waals surface area (Å²) in [4.78, 5) is 0. The number of halogens is 7. The predicted molar refractivity (Wildman–Crippen MR) is 43.9 cm³/mol. The van der Waals surface area contributed by atoms with Crippen molar-refractivity contribution >= 4 is 5.69 Å². The lowest BCUT2D eigenvalue weighted by Gasteiger charge is -2.28. The van der Waals surface area contributed by atoms with Gasteiger partial charge in [0, 0.05) is 0 Å². The van der Waals surface area contributed by atoms with Crippen molar-refractivity contribution in [3.8, 4) is 0 Å². The van der Waals surface area contributed by atoms with E-state index >= 15 is 0 Å². The first-order valence-electron chi connectivity index (χ1n) is 4.25. The molecule has 1 nitrogen and oxygen atoms in total. The lowest BCUT2D eigenvalue weighted by Crippen LogP contribution is -2.52. The smallest absolute Gasteiger partial charge is 0.325 e. The molecule has 0 saturated heterocycles. The summed E-state index contributed by atoms with van der Waals surface area (Å²) in [6, 6.07) is 3.55. The Morgan fingerprint density at radius 1 is 0.824 bits per heavy atom. The number of quaternary nitrogens is 1. The fourth-order valence-electron chi connectivity index (χ4n) is 1.17. The Kier molecular flexibility index (Phi) is 3.13. The van der Waals surface area contributed by atoms with Crippen LogP contribution in [0.4, 0.5) is 36.4 Å². The molecule has 0 bridgehead atoms. The largest absolute Gasteiger partial charge is 0.460 e. The van der Waals surface area contributed by atoms with Crippen molar-refractivity contribution in [2.75, 3.05) is 0 Å². The molecule has 0 fully saturated rings. The second-order valence-electron chi connectivity index (χ2n) is 3.30. The third-order valence-corrected chi connectivity index (χ3v) is 2.11. The number of benzene rings is 1. The van der Waals surface area contributed by atoms with E-state index in [-0.39, 0.29) is 0 Å². The van der Waals surface area contributed by atoms with Gasteiger partial charge < -0.3 is 5.73 Å². The van der Waals surface area contributed by atoms with Crippen molar-refractivity contribution in [3.63, 3.8) is 0 Å². The third kappa shape index (κ3) is 2.08. The molecule has 0 aliphatic rings. The lowest BCUT2D eigenvalue weighted by molar-refractivity contribution is -0.362. The Hall–Kier alpha value is -1.31. The first-order chi connectivity index (χ1) is 7.52. The van der Waals surface area contributed by atoms with Gasteiger partial charge in [0.1, 0.15) is 5.69 Å². The van der Waals surface area contributed by atoms with Gasteiger partial charge in [-0.25, -0.2) is 0 Å². The lowest BCUT2D eigenvalue weighted by atomic mass is 10.00. The molecule has 17 heavy (non-hydrogen) atoms. The van der Waals surface area contributed by atoms with Gasteiger partial charge in [0.25, 0.3) is 0 Å². The third-order valence-electron chi connectivity index (χ3n) is 2.11. The Labute approximate surface area is 91.0 Å². The second kappa shape index (κ2) is 3.86. The summed E-state index contributed by atoms with van der Waals surface area (Å²) in [5.41, 5.74) is 0.977. The van der Waals surface area contributed by atoms with Gasteiger partial charge in [-0.3, -0.25) is 0 Å². The summed E-state index contributed by atoms with van der Waals surface area (Å²) >= 11 is 0. The van der Waals surface area contributed by atoms with Crippen molar-refractivity contribution in [1.29, 1.82) is 0 Å². The molecule has 1 aromatic carbocycles. The molecule has 1 rings (SSSR count). The van der Waals surface area contributed by atoms with Crippen molar-refractivity contribution < 1.29 is 36.5 Å². The molecule has 96 valence electrons. The zero-order valence-electron chi connectivity index (χ0n) is 8.16. The maximum absolute atomic E-state index is 13.2. The highest BCUT2D eigenvalue weighted by Gasteiger charge is 2.74. The Balaban J connectivity index is 3.34. The maximum atomic E-state index is 13.2. The highest BCUT2D eigenvalue weighted by atomic mass is 19.4. The second-order valence-corrected chi connectivity index (χ2v) is 3.30. The van der Waals surface area contributed by atoms with Crippen LogP contribution in [0.3, 0.4) is 0 Å². The van der Waals surface area contributed by atoms with E-state index in [1.807, 2.05) is 0 Å². The highest BCUT2D eigenvalue weighted by Crippen LogP contribution is 2.52. The van der Waals surface area contributed by atoms with Gasteiger partial charge in [-0.2, -0.15) is 30.7 Å². The molecule has 0 radical (unpaired) electrons. The van der Waals surface area contributed by atoms with Gasteiger partial charge in [-0.15, -0.1) is 0 Å². The van der Waals surface area contributed by atoms with Gasteiger partial charge in [0.15, 0.2) is 0 Å². The minimum Gasteiger partial charge on any atom is -0.325 e. The first kappa shape index (κ1) is 13.8. The van der Waals surface area contributed by atoms with Crippen LogP contribution < -0.4 is 5.73 Å². The highest BCUT2D eigenvalue weighted by molar-refractivity contribution is 5.42. The topological polar surface area (TPSA) is 27.6 Å². The molecule has 3 N–H and O–H groups in total. The predicted octanol–water partition coefficient (Wildman–Crippen LogP) is 2.85. The normalized spacial score (nSPS) is 13.9. The van der Waals surface area contributed by atoms with E-state index in [0.29, 0.717) is 6.07 Å². The summed E-state index contributed by atoms with van der Waals surface area (Å²) in [6.45, 7) is 0. The van der Waals surface area contributed by atoms with Gasteiger partial charge in [-0.1, -0.05) is 12.1 Å². The van der Waals surface area contributed by atoms with E-state index in [1.54, 1.807) is 0 Å². The Bertz CT molecular complexity index is 410. The Morgan fingerprint density at radius 3 is 1.71 bits per heavy atom. The van der Waals surface area contributed by atoms with Crippen LogP contribution >= 0.6 is 0 Å². The monoisotopic (exact) mass is 262 g/mol. The van der Waals surface area contributed by atoms with E-state index in [1.165, 1.54) is 6.07 Å². The molecule has 0 aromatic heterocycles. The molecular weight excluding hydrogens is 255 g/mol. The zero-order chi connectivity index (χ0) is 13.5. The fourth-order valence-corrected chi connectivity index (χ4v) is 1.17. The van der Waals surface area contributed by atoms with E-state index in [9.17, 15) is 30.7 Å². The van der Waals surface area contributed by atoms with Crippen LogP contribution in [0.2, 0.25) is 0 Å². The van der Waals surface area contributed by atoms with Crippen LogP contribution in [0.1, 0.15) is 5.56 Å². The molecule has 0 saturated carbocycles. The number of hydrogen-bond acceptors (Lipinski definition) is 0. The van der Waals surface area contributed by atoms with E-state index < -0.39 is 29.3 Å². The van der Waals surface area contributed by atoms with Crippen LogP contribution in [-0.4, -0.2) is 12.1 Å². The SMILES string of the molecule is [NH3+]c1ccccc1C(F)(F)C(F)(F)C(F)(F)F. The molecule has 0 spiro atoms. The molecule has 8 heteroatoms.